The van der Waals surface area contributed by atoms with Gasteiger partial charge in [0, 0.05) is 37.2 Å². The molecule has 1 unspecified atom stereocenters. The average Bonchev–Trinajstić information content (AvgIpc) is 2.57. The maximum atomic E-state index is 13.2. The molecule has 0 heterocycles. The molecule has 0 amide bonds. The molecule has 162 valence electrons. The van der Waals surface area contributed by atoms with E-state index in [1.807, 2.05) is 40.7 Å². The number of hydrogen-bond donors (Lipinski definition) is 1. The fraction of sp³-hybridized carbons (Fsp3) is 0.560. The Morgan fingerprint density at radius 2 is 1.53 bits per heavy atom. The van der Waals surface area contributed by atoms with Crippen LogP contribution in [0.1, 0.15) is 70.4 Å². The lowest BCUT2D eigenvalue weighted by Gasteiger charge is -2.39. The first kappa shape index (κ1) is 22.3. The number of aliphatic hydroxyl groups excluding tert-OH is 1. The lowest BCUT2D eigenvalue weighted by molar-refractivity contribution is -0.140. The first-order chi connectivity index (χ1) is 13.8. The normalized spacial score (nSPS) is 22.9. The standard InChI is InChI=1S/C25H32O5/c1-14-9-15(7-8-20(14)30-6)21(22-16(26)10-24(2,3)11-17(22)27)23-18(28)12-25(4,5)13-19(23)29/h7-9,21-22,28H,10-13H2,1-6H3. The molecule has 1 aromatic carbocycles. The molecular weight excluding hydrogens is 380 g/mol. The van der Waals surface area contributed by atoms with Gasteiger partial charge in [0.05, 0.1) is 13.0 Å². The highest BCUT2D eigenvalue weighted by atomic mass is 16.5. The summed E-state index contributed by atoms with van der Waals surface area (Å²) in [6, 6.07) is 5.44. The van der Waals surface area contributed by atoms with Crippen molar-refractivity contribution in [3.05, 3.63) is 40.7 Å². The zero-order chi connectivity index (χ0) is 22.4. The molecule has 1 aromatic rings. The van der Waals surface area contributed by atoms with Crippen molar-refractivity contribution in [2.45, 2.75) is 66.2 Å². The Bertz CT molecular complexity index is 915. The Morgan fingerprint density at radius 1 is 0.967 bits per heavy atom. The van der Waals surface area contributed by atoms with E-state index in [1.165, 1.54) is 0 Å². The molecule has 0 aromatic heterocycles. The van der Waals surface area contributed by atoms with Crippen molar-refractivity contribution in [1.29, 1.82) is 0 Å². The SMILES string of the molecule is COc1ccc(C(C2=C(O)CC(C)(C)CC2=O)C2C(=O)CC(C)(C)CC2=O)cc1C. The summed E-state index contributed by atoms with van der Waals surface area (Å²) in [6.07, 6.45) is 1.18. The molecule has 0 spiro atoms. The molecule has 2 aliphatic carbocycles. The second kappa shape index (κ2) is 7.68. The van der Waals surface area contributed by atoms with Gasteiger partial charge in [0.1, 0.15) is 23.1 Å². The van der Waals surface area contributed by atoms with Crippen molar-refractivity contribution in [3.63, 3.8) is 0 Å². The minimum absolute atomic E-state index is 0.000143. The van der Waals surface area contributed by atoms with Crippen molar-refractivity contribution < 1.29 is 24.2 Å². The molecule has 5 heteroatoms. The van der Waals surface area contributed by atoms with Gasteiger partial charge in [-0.15, -0.1) is 0 Å². The van der Waals surface area contributed by atoms with E-state index in [1.54, 1.807) is 19.2 Å². The van der Waals surface area contributed by atoms with Crippen LogP contribution < -0.4 is 4.74 Å². The lowest BCUT2D eigenvalue weighted by Crippen LogP contribution is -2.43. The molecule has 2 aliphatic rings. The van der Waals surface area contributed by atoms with Gasteiger partial charge in [-0.2, -0.15) is 0 Å². The average molecular weight is 413 g/mol. The molecule has 1 N–H and O–H groups in total. The minimum Gasteiger partial charge on any atom is -0.512 e. The van der Waals surface area contributed by atoms with Crippen LogP contribution in [0.4, 0.5) is 0 Å². The number of hydrogen-bond acceptors (Lipinski definition) is 5. The molecule has 0 saturated heterocycles. The molecular formula is C25H32O5. The van der Waals surface area contributed by atoms with E-state index in [0.29, 0.717) is 17.7 Å². The number of allylic oxidation sites excluding steroid dienone is 2. The maximum Gasteiger partial charge on any atom is 0.163 e. The van der Waals surface area contributed by atoms with Gasteiger partial charge < -0.3 is 9.84 Å². The summed E-state index contributed by atoms with van der Waals surface area (Å²) in [5.41, 5.74) is 1.02. The quantitative estimate of drug-likeness (QED) is 0.714. The number of carbonyl (C=O) groups is 3. The zero-order valence-electron chi connectivity index (χ0n) is 18.8. The van der Waals surface area contributed by atoms with Crippen LogP contribution in [0.25, 0.3) is 0 Å². The summed E-state index contributed by atoms with van der Waals surface area (Å²) < 4.78 is 5.35. The van der Waals surface area contributed by atoms with Crippen molar-refractivity contribution in [2.24, 2.45) is 16.7 Å². The molecule has 30 heavy (non-hydrogen) atoms. The Kier molecular flexibility index (Phi) is 5.70. The van der Waals surface area contributed by atoms with Gasteiger partial charge in [-0.3, -0.25) is 14.4 Å². The zero-order valence-corrected chi connectivity index (χ0v) is 18.8. The predicted octanol–water partition coefficient (Wildman–Crippen LogP) is 4.86. The van der Waals surface area contributed by atoms with E-state index in [0.717, 1.165) is 5.56 Å². The largest absolute Gasteiger partial charge is 0.512 e. The summed E-state index contributed by atoms with van der Waals surface area (Å²) in [5.74, 6) is -1.54. The highest BCUT2D eigenvalue weighted by Crippen LogP contribution is 2.47. The van der Waals surface area contributed by atoms with Crippen LogP contribution in [0.3, 0.4) is 0 Å². The van der Waals surface area contributed by atoms with Crippen LogP contribution >= 0.6 is 0 Å². The topological polar surface area (TPSA) is 80.7 Å². The van der Waals surface area contributed by atoms with Gasteiger partial charge in [-0.05, 0) is 34.9 Å². The smallest absolute Gasteiger partial charge is 0.163 e. The number of ketones is 3. The Morgan fingerprint density at radius 3 is 2.03 bits per heavy atom. The van der Waals surface area contributed by atoms with Gasteiger partial charge >= 0.3 is 0 Å². The molecule has 0 radical (unpaired) electrons. The highest BCUT2D eigenvalue weighted by Gasteiger charge is 2.48. The van der Waals surface area contributed by atoms with Crippen LogP contribution in [0.2, 0.25) is 0 Å². The second-order valence-corrected chi connectivity index (χ2v) is 10.4. The van der Waals surface area contributed by atoms with Crippen LogP contribution in [0.15, 0.2) is 29.5 Å². The van der Waals surface area contributed by atoms with Gasteiger partial charge in [-0.1, -0.05) is 39.8 Å². The number of benzene rings is 1. The summed E-state index contributed by atoms with van der Waals surface area (Å²) >= 11 is 0. The molecule has 1 atom stereocenters. The van der Waals surface area contributed by atoms with Crippen LogP contribution in [-0.2, 0) is 14.4 Å². The predicted molar refractivity (Wildman–Crippen MR) is 115 cm³/mol. The number of ether oxygens (including phenoxy) is 1. The highest BCUT2D eigenvalue weighted by molar-refractivity contribution is 6.09. The van der Waals surface area contributed by atoms with Crippen LogP contribution in [-0.4, -0.2) is 29.6 Å². The second-order valence-electron chi connectivity index (χ2n) is 10.4. The monoisotopic (exact) mass is 412 g/mol. The fourth-order valence-corrected chi connectivity index (χ4v) is 5.05. The molecule has 1 fully saturated rings. The molecule has 5 nitrogen and oxygen atoms in total. The van der Waals surface area contributed by atoms with Crippen molar-refractivity contribution in [2.75, 3.05) is 7.11 Å². The first-order valence-electron chi connectivity index (χ1n) is 10.5. The van der Waals surface area contributed by atoms with Gasteiger partial charge in [-0.25, -0.2) is 0 Å². The number of aryl methyl sites for hydroxylation is 1. The fourth-order valence-electron chi connectivity index (χ4n) is 5.05. The number of carbonyl (C=O) groups excluding carboxylic acids is 3. The maximum absolute atomic E-state index is 13.2. The number of aliphatic hydroxyl groups is 1. The minimum atomic E-state index is -0.951. The van der Waals surface area contributed by atoms with Gasteiger partial charge in [0.2, 0.25) is 0 Å². The third kappa shape index (κ3) is 4.21. The van der Waals surface area contributed by atoms with E-state index < -0.39 is 11.8 Å². The summed E-state index contributed by atoms with van der Waals surface area (Å²) in [7, 11) is 1.58. The van der Waals surface area contributed by atoms with Crippen molar-refractivity contribution in [3.8, 4) is 5.75 Å². The summed E-state index contributed by atoms with van der Waals surface area (Å²) in [4.78, 5) is 39.5. The molecule has 1 saturated carbocycles. The van der Waals surface area contributed by atoms with Crippen molar-refractivity contribution in [1.82, 2.24) is 0 Å². The Labute approximate surface area is 178 Å². The molecule has 3 rings (SSSR count). The Hall–Kier alpha value is -2.43. The third-order valence-electron chi connectivity index (χ3n) is 6.32. The third-order valence-corrected chi connectivity index (χ3v) is 6.32. The van der Waals surface area contributed by atoms with E-state index in [-0.39, 0.29) is 58.8 Å². The summed E-state index contributed by atoms with van der Waals surface area (Å²) in [6.45, 7) is 9.58. The number of rotatable bonds is 4. The van der Waals surface area contributed by atoms with Crippen molar-refractivity contribution >= 4 is 17.3 Å². The van der Waals surface area contributed by atoms with Gasteiger partial charge in [0.25, 0.3) is 0 Å². The molecule has 0 bridgehead atoms. The lowest BCUT2D eigenvalue weighted by atomic mass is 9.62. The van der Waals surface area contributed by atoms with E-state index >= 15 is 0 Å². The van der Waals surface area contributed by atoms with Crippen LogP contribution in [0.5, 0.6) is 5.75 Å². The van der Waals surface area contributed by atoms with E-state index in [9.17, 15) is 19.5 Å². The van der Waals surface area contributed by atoms with Crippen LogP contribution in [0, 0.1) is 23.7 Å². The number of Topliss-reactive ketones (excluding diaryl/α,β-unsaturated/α-hetero) is 3. The van der Waals surface area contributed by atoms with Gasteiger partial charge in [0.15, 0.2) is 5.78 Å². The van der Waals surface area contributed by atoms with E-state index in [4.69, 9.17) is 4.74 Å². The summed E-state index contributed by atoms with van der Waals surface area (Å²) in [5, 5.41) is 10.9. The molecule has 0 aliphatic heterocycles. The van der Waals surface area contributed by atoms with E-state index in [2.05, 4.69) is 0 Å². The first-order valence-corrected chi connectivity index (χ1v) is 10.5. The Balaban J connectivity index is 2.18. The number of methoxy groups -OCH3 is 1.